The first-order valence-corrected chi connectivity index (χ1v) is 13.6. The standard InChI is InChI=1S/C24H50N10O5/c25-12-4-1-9-17(32-20(35)16(28)8-7-15-31-24(29)30)21(36)33-18(10-2-5-13-26)22(37)34-19(23(38)39)11-3-6-14-27/h16-19H,1-15,25-28H2,(H,32,35)(H,33,36)(H,34,37)(H,38,39)(H4,29,30,31)/t16-,17-,18-,19-/m0/s1. The molecule has 226 valence electrons. The first-order valence-electron chi connectivity index (χ1n) is 13.6. The van der Waals surface area contributed by atoms with Gasteiger partial charge in [0.2, 0.25) is 17.7 Å². The van der Waals surface area contributed by atoms with Crippen molar-refractivity contribution in [3.63, 3.8) is 0 Å². The van der Waals surface area contributed by atoms with Gasteiger partial charge in [0, 0.05) is 6.54 Å². The summed E-state index contributed by atoms with van der Waals surface area (Å²) in [7, 11) is 0. The minimum absolute atomic E-state index is 0.181. The average molecular weight is 559 g/mol. The Balaban J connectivity index is 5.41. The maximum atomic E-state index is 13.2. The lowest BCUT2D eigenvalue weighted by Gasteiger charge is -2.25. The van der Waals surface area contributed by atoms with Crippen LogP contribution in [0.3, 0.4) is 0 Å². The van der Waals surface area contributed by atoms with Crippen molar-refractivity contribution in [3.05, 3.63) is 0 Å². The lowest BCUT2D eigenvalue weighted by molar-refractivity contribution is -0.142. The van der Waals surface area contributed by atoms with E-state index in [-0.39, 0.29) is 25.2 Å². The fourth-order valence-electron chi connectivity index (χ4n) is 3.77. The summed E-state index contributed by atoms with van der Waals surface area (Å²) < 4.78 is 0. The molecule has 0 rings (SSSR count). The van der Waals surface area contributed by atoms with E-state index in [0.717, 1.165) is 0 Å². The molecule has 0 bridgehead atoms. The van der Waals surface area contributed by atoms with Crippen molar-refractivity contribution in [2.45, 2.75) is 94.8 Å². The summed E-state index contributed by atoms with van der Waals surface area (Å²) in [5.41, 5.74) is 27.8. The Morgan fingerprint density at radius 1 is 0.641 bits per heavy atom. The van der Waals surface area contributed by atoms with Crippen molar-refractivity contribution in [1.29, 1.82) is 5.41 Å². The third-order valence-corrected chi connectivity index (χ3v) is 6.07. The van der Waals surface area contributed by atoms with Crippen molar-refractivity contribution in [3.8, 4) is 0 Å². The number of nitrogens with one attached hydrogen (secondary N) is 5. The summed E-state index contributed by atoms with van der Waals surface area (Å²) in [6, 6.07) is -3.98. The summed E-state index contributed by atoms with van der Waals surface area (Å²) in [4.78, 5) is 50.6. The third kappa shape index (κ3) is 17.2. The molecule has 0 aromatic carbocycles. The van der Waals surface area contributed by atoms with Crippen LogP contribution < -0.4 is 49.9 Å². The Morgan fingerprint density at radius 2 is 1.05 bits per heavy atom. The van der Waals surface area contributed by atoms with Gasteiger partial charge in [-0.1, -0.05) is 0 Å². The molecule has 0 spiro atoms. The lowest BCUT2D eigenvalue weighted by atomic mass is 10.0. The van der Waals surface area contributed by atoms with E-state index in [1.54, 1.807) is 0 Å². The van der Waals surface area contributed by atoms with Gasteiger partial charge < -0.3 is 55.0 Å². The molecule has 4 atom stereocenters. The smallest absolute Gasteiger partial charge is 0.326 e. The number of amides is 3. The molecule has 3 amide bonds. The summed E-state index contributed by atoms with van der Waals surface area (Å²) in [5, 5.41) is 27.2. The van der Waals surface area contributed by atoms with E-state index in [4.69, 9.17) is 34.1 Å². The molecular weight excluding hydrogens is 508 g/mol. The Labute approximate surface area is 230 Å². The number of carbonyl (C=O) groups excluding carboxylic acids is 3. The number of rotatable bonds is 23. The zero-order valence-corrected chi connectivity index (χ0v) is 22.9. The fourth-order valence-corrected chi connectivity index (χ4v) is 3.77. The molecule has 0 saturated carbocycles. The summed E-state index contributed by atoms with van der Waals surface area (Å²) in [6.07, 6.45) is 4.99. The highest BCUT2D eigenvalue weighted by molar-refractivity contribution is 5.94. The SMILES string of the molecule is N=C(N)NCCC[C@H](N)C(=O)N[C@@H](CCCCN)C(=O)N[C@@H](CCCCN)C(=O)N[C@@H](CCCCN)C(=O)O. The first-order chi connectivity index (χ1) is 18.6. The molecule has 0 unspecified atom stereocenters. The van der Waals surface area contributed by atoms with Crippen molar-refractivity contribution in [2.75, 3.05) is 26.2 Å². The topological polar surface area (TPSA) is 291 Å². The van der Waals surface area contributed by atoms with Crippen LogP contribution in [0.5, 0.6) is 0 Å². The normalized spacial score (nSPS) is 13.9. The molecule has 0 aliphatic heterocycles. The maximum Gasteiger partial charge on any atom is 0.326 e. The highest BCUT2D eigenvalue weighted by Crippen LogP contribution is 2.08. The van der Waals surface area contributed by atoms with Gasteiger partial charge >= 0.3 is 5.97 Å². The van der Waals surface area contributed by atoms with Gasteiger partial charge in [0.15, 0.2) is 5.96 Å². The average Bonchev–Trinajstić information content (AvgIpc) is 2.88. The molecule has 15 nitrogen and oxygen atoms in total. The monoisotopic (exact) mass is 558 g/mol. The Kier molecular flexibility index (Phi) is 20.2. The van der Waals surface area contributed by atoms with Crippen LogP contribution in [-0.2, 0) is 19.2 Å². The summed E-state index contributed by atoms with van der Waals surface area (Å²) >= 11 is 0. The van der Waals surface area contributed by atoms with Gasteiger partial charge in [-0.25, -0.2) is 4.79 Å². The van der Waals surface area contributed by atoms with Gasteiger partial charge in [-0.3, -0.25) is 19.8 Å². The zero-order chi connectivity index (χ0) is 29.6. The number of carboxylic acids is 1. The van der Waals surface area contributed by atoms with Crippen LogP contribution in [0.25, 0.3) is 0 Å². The molecule has 39 heavy (non-hydrogen) atoms. The van der Waals surface area contributed by atoms with Crippen LogP contribution in [-0.4, -0.2) is 85.1 Å². The Bertz CT molecular complexity index is 755. The van der Waals surface area contributed by atoms with Crippen LogP contribution in [0.15, 0.2) is 0 Å². The van der Waals surface area contributed by atoms with Crippen LogP contribution >= 0.6 is 0 Å². The number of hydrogen-bond donors (Lipinski definition) is 11. The first kappa shape index (κ1) is 36.0. The van der Waals surface area contributed by atoms with Gasteiger partial charge in [0.25, 0.3) is 0 Å². The van der Waals surface area contributed by atoms with Crippen molar-refractivity contribution < 1.29 is 24.3 Å². The Morgan fingerprint density at radius 3 is 1.46 bits per heavy atom. The van der Waals surface area contributed by atoms with E-state index in [0.29, 0.717) is 77.5 Å². The van der Waals surface area contributed by atoms with Crippen LogP contribution in [0.4, 0.5) is 0 Å². The number of carboxylic acid groups (broad SMARTS) is 1. The third-order valence-electron chi connectivity index (χ3n) is 6.07. The highest BCUT2D eigenvalue weighted by atomic mass is 16.4. The second kappa shape index (κ2) is 21.9. The number of hydrogen-bond acceptors (Lipinski definition) is 9. The van der Waals surface area contributed by atoms with Gasteiger partial charge in [-0.15, -0.1) is 0 Å². The Hall–Kier alpha value is -3.01. The van der Waals surface area contributed by atoms with Crippen LogP contribution in [0.2, 0.25) is 0 Å². The van der Waals surface area contributed by atoms with E-state index >= 15 is 0 Å². The summed E-state index contributed by atoms with van der Waals surface area (Å²) in [5.74, 6) is -3.08. The molecule has 0 aliphatic carbocycles. The molecular formula is C24H50N10O5. The van der Waals surface area contributed by atoms with E-state index in [9.17, 15) is 24.3 Å². The van der Waals surface area contributed by atoms with Gasteiger partial charge in [-0.2, -0.15) is 0 Å². The molecule has 0 aromatic rings. The zero-order valence-electron chi connectivity index (χ0n) is 22.9. The minimum atomic E-state index is -1.17. The molecule has 15 heteroatoms. The van der Waals surface area contributed by atoms with E-state index < -0.39 is 47.9 Å². The predicted octanol–water partition coefficient (Wildman–Crippen LogP) is -2.50. The number of nitrogens with two attached hydrogens (primary N) is 5. The van der Waals surface area contributed by atoms with Crippen molar-refractivity contribution >= 4 is 29.7 Å². The fraction of sp³-hybridized carbons (Fsp3) is 0.792. The number of unbranched alkanes of at least 4 members (excludes halogenated alkanes) is 3. The number of carbonyl (C=O) groups is 4. The molecule has 16 N–H and O–H groups in total. The van der Waals surface area contributed by atoms with Crippen LogP contribution in [0, 0.1) is 5.41 Å². The largest absolute Gasteiger partial charge is 0.480 e. The van der Waals surface area contributed by atoms with E-state index in [1.807, 2.05) is 0 Å². The number of guanidine groups is 1. The van der Waals surface area contributed by atoms with Crippen molar-refractivity contribution in [1.82, 2.24) is 21.3 Å². The molecule has 0 saturated heterocycles. The van der Waals surface area contributed by atoms with Gasteiger partial charge in [0.1, 0.15) is 18.1 Å². The quantitative estimate of drug-likeness (QED) is 0.0354. The number of aliphatic carboxylic acids is 1. The molecule has 0 heterocycles. The van der Waals surface area contributed by atoms with E-state index in [1.165, 1.54) is 0 Å². The lowest BCUT2D eigenvalue weighted by Crippen LogP contribution is -2.57. The summed E-state index contributed by atoms with van der Waals surface area (Å²) in [6.45, 7) is 1.60. The molecule has 0 aromatic heterocycles. The van der Waals surface area contributed by atoms with Gasteiger partial charge in [0.05, 0.1) is 6.04 Å². The second-order valence-corrected chi connectivity index (χ2v) is 9.46. The second-order valence-electron chi connectivity index (χ2n) is 9.46. The molecule has 0 fully saturated rings. The van der Waals surface area contributed by atoms with Crippen molar-refractivity contribution in [2.24, 2.45) is 28.7 Å². The van der Waals surface area contributed by atoms with Gasteiger partial charge in [-0.05, 0) is 90.3 Å². The molecule has 0 aliphatic rings. The minimum Gasteiger partial charge on any atom is -0.480 e. The van der Waals surface area contributed by atoms with E-state index in [2.05, 4.69) is 21.3 Å². The maximum absolute atomic E-state index is 13.2. The van der Waals surface area contributed by atoms with Crippen LogP contribution in [0.1, 0.15) is 70.6 Å². The highest BCUT2D eigenvalue weighted by Gasteiger charge is 2.29. The molecule has 0 radical (unpaired) electrons. The predicted molar refractivity (Wildman–Crippen MR) is 149 cm³/mol.